The molecule has 0 heterocycles. The topological polar surface area (TPSA) is 0 Å². The Morgan fingerprint density at radius 3 is 0.789 bits per heavy atom. The van der Waals surface area contributed by atoms with E-state index in [0.717, 1.165) is 44.5 Å². The minimum absolute atomic E-state index is 1.01. The SMILES string of the molecule is C(#Cc1ccc(/C=C/c2ccc(/C=C/c3ccc(C#Cc4ccccc4)cc3)cc2)cc1)c1ccccc1. The van der Waals surface area contributed by atoms with Gasteiger partial charge in [-0.15, -0.1) is 0 Å². The zero-order chi connectivity index (χ0) is 25.8. The van der Waals surface area contributed by atoms with E-state index in [1.807, 2.05) is 60.7 Å². The molecule has 0 spiro atoms. The number of benzene rings is 5. The van der Waals surface area contributed by atoms with Crippen LogP contribution in [0.4, 0.5) is 0 Å². The number of hydrogen-bond acceptors (Lipinski definition) is 0. The second-order valence-corrected chi connectivity index (χ2v) is 8.81. The van der Waals surface area contributed by atoms with E-state index in [4.69, 9.17) is 0 Å². The Morgan fingerprint density at radius 1 is 0.263 bits per heavy atom. The molecule has 178 valence electrons. The van der Waals surface area contributed by atoms with Crippen molar-refractivity contribution in [1.82, 2.24) is 0 Å². The Bertz CT molecular complexity index is 1510. The van der Waals surface area contributed by atoms with Gasteiger partial charge in [0.25, 0.3) is 0 Å². The Balaban J connectivity index is 1.16. The van der Waals surface area contributed by atoms with E-state index in [-0.39, 0.29) is 0 Å². The standard InChI is InChI=1S/C38H26/c1-3-7-31(8-4-1)11-13-33-15-19-35(20-16-33)23-25-37-27-29-38(30-28-37)26-24-36-21-17-34(18-22-36)14-12-32-9-5-2-6-10-32/h1-10,15-30H/b25-23+,26-24+. The second-order valence-electron chi connectivity index (χ2n) is 8.81. The lowest BCUT2D eigenvalue weighted by atomic mass is 10.1. The first-order chi connectivity index (χ1) is 18.8. The van der Waals surface area contributed by atoms with Crippen LogP contribution in [0.5, 0.6) is 0 Å². The molecule has 0 saturated heterocycles. The van der Waals surface area contributed by atoms with Crippen molar-refractivity contribution in [3.8, 4) is 23.7 Å². The summed E-state index contributed by atoms with van der Waals surface area (Å²) in [6.07, 6.45) is 8.52. The summed E-state index contributed by atoms with van der Waals surface area (Å²) >= 11 is 0. The highest BCUT2D eigenvalue weighted by Crippen LogP contribution is 2.14. The maximum Gasteiger partial charge on any atom is 0.0249 e. The molecular weight excluding hydrogens is 456 g/mol. The first-order valence-corrected chi connectivity index (χ1v) is 12.6. The molecule has 0 aliphatic carbocycles. The molecule has 0 saturated carbocycles. The molecule has 38 heavy (non-hydrogen) atoms. The van der Waals surface area contributed by atoms with Crippen molar-refractivity contribution in [3.63, 3.8) is 0 Å². The predicted octanol–water partition coefficient (Wildman–Crippen LogP) is 8.83. The smallest absolute Gasteiger partial charge is 0.0249 e. The molecule has 0 aliphatic rings. The van der Waals surface area contributed by atoms with E-state index in [1.54, 1.807) is 0 Å². The van der Waals surface area contributed by atoms with Crippen LogP contribution in [-0.2, 0) is 0 Å². The van der Waals surface area contributed by atoms with Crippen LogP contribution in [0.1, 0.15) is 44.5 Å². The molecule has 0 atom stereocenters. The van der Waals surface area contributed by atoms with Crippen molar-refractivity contribution in [1.29, 1.82) is 0 Å². The van der Waals surface area contributed by atoms with Crippen LogP contribution in [0, 0.1) is 23.7 Å². The lowest BCUT2D eigenvalue weighted by Crippen LogP contribution is -1.79. The van der Waals surface area contributed by atoms with Gasteiger partial charge in [-0.3, -0.25) is 0 Å². The highest BCUT2D eigenvalue weighted by molar-refractivity contribution is 5.73. The van der Waals surface area contributed by atoms with E-state index in [9.17, 15) is 0 Å². The first kappa shape index (κ1) is 24.4. The zero-order valence-electron chi connectivity index (χ0n) is 21.0. The van der Waals surface area contributed by atoms with E-state index in [0.29, 0.717) is 0 Å². The lowest BCUT2D eigenvalue weighted by molar-refractivity contribution is 1.59. The molecule has 0 aliphatic heterocycles. The van der Waals surface area contributed by atoms with Crippen LogP contribution in [0.3, 0.4) is 0 Å². The summed E-state index contributed by atoms with van der Waals surface area (Å²) in [5, 5.41) is 0. The van der Waals surface area contributed by atoms with Gasteiger partial charge in [0, 0.05) is 22.3 Å². The van der Waals surface area contributed by atoms with Gasteiger partial charge in [-0.1, -0.05) is 133 Å². The maximum absolute atomic E-state index is 3.22. The molecule has 0 N–H and O–H groups in total. The normalized spacial score (nSPS) is 10.5. The van der Waals surface area contributed by atoms with Gasteiger partial charge in [0.05, 0.1) is 0 Å². The average molecular weight is 483 g/mol. The Hall–Kier alpha value is -5.30. The van der Waals surface area contributed by atoms with Gasteiger partial charge in [0.15, 0.2) is 0 Å². The van der Waals surface area contributed by atoms with Gasteiger partial charge in [0.2, 0.25) is 0 Å². The van der Waals surface area contributed by atoms with Crippen molar-refractivity contribution in [3.05, 3.63) is 178 Å². The zero-order valence-corrected chi connectivity index (χ0v) is 21.0. The minimum atomic E-state index is 1.01. The molecule has 0 aromatic heterocycles. The molecule has 0 radical (unpaired) electrons. The molecule has 0 fully saturated rings. The number of rotatable bonds is 4. The van der Waals surface area contributed by atoms with Crippen LogP contribution in [0.15, 0.2) is 133 Å². The summed E-state index contributed by atoms with van der Waals surface area (Å²) in [5.74, 6) is 12.8. The van der Waals surface area contributed by atoms with Gasteiger partial charge >= 0.3 is 0 Å². The Labute approximate surface area is 225 Å². The summed E-state index contributed by atoms with van der Waals surface area (Å²) < 4.78 is 0. The van der Waals surface area contributed by atoms with Gasteiger partial charge < -0.3 is 0 Å². The van der Waals surface area contributed by atoms with E-state index < -0.39 is 0 Å². The minimum Gasteiger partial charge on any atom is -0.0622 e. The highest BCUT2D eigenvalue weighted by atomic mass is 14.0. The summed E-state index contributed by atoms with van der Waals surface area (Å²) in [6.45, 7) is 0. The third-order valence-electron chi connectivity index (χ3n) is 5.94. The monoisotopic (exact) mass is 482 g/mol. The molecule has 0 bridgehead atoms. The van der Waals surface area contributed by atoms with Crippen molar-refractivity contribution in [2.24, 2.45) is 0 Å². The summed E-state index contributed by atoms with van der Waals surface area (Å²) in [7, 11) is 0. The molecule has 0 heteroatoms. The second kappa shape index (κ2) is 12.6. The fourth-order valence-electron chi connectivity index (χ4n) is 3.79. The molecule has 5 aromatic carbocycles. The van der Waals surface area contributed by atoms with Crippen molar-refractivity contribution in [2.45, 2.75) is 0 Å². The highest BCUT2D eigenvalue weighted by Gasteiger charge is 1.93. The molecule has 0 amide bonds. The molecule has 0 unspecified atom stereocenters. The lowest BCUT2D eigenvalue weighted by Gasteiger charge is -1.98. The third kappa shape index (κ3) is 7.35. The summed E-state index contributed by atoms with van der Waals surface area (Å²) in [5.41, 5.74) is 8.70. The van der Waals surface area contributed by atoms with Crippen LogP contribution in [-0.4, -0.2) is 0 Å². The van der Waals surface area contributed by atoms with Crippen LogP contribution < -0.4 is 0 Å². The van der Waals surface area contributed by atoms with E-state index in [2.05, 4.69) is 121 Å². The van der Waals surface area contributed by atoms with Crippen molar-refractivity contribution >= 4 is 24.3 Å². The fourth-order valence-corrected chi connectivity index (χ4v) is 3.79. The molecule has 0 nitrogen and oxygen atoms in total. The van der Waals surface area contributed by atoms with Crippen molar-refractivity contribution in [2.75, 3.05) is 0 Å². The number of hydrogen-bond donors (Lipinski definition) is 0. The van der Waals surface area contributed by atoms with Crippen molar-refractivity contribution < 1.29 is 0 Å². The fraction of sp³-hybridized carbons (Fsp3) is 0. The predicted molar refractivity (Wildman–Crippen MR) is 162 cm³/mol. The van der Waals surface area contributed by atoms with Crippen LogP contribution >= 0.6 is 0 Å². The van der Waals surface area contributed by atoms with Gasteiger partial charge in [0.1, 0.15) is 0 Å². The molecule has 5 aromatic rings. The molecule has 5 rings (SSSR count). The third-order valence-corrected chi connectivity index (χ3v) is 5.94. The summed E-state index contributed by atoms with van der Waals surface area (Å²) in [4.78, 5) is 0. The van der Waals surface area contributed by atoms with Gasteiger partial charge in [-0.2, -0.15) is 0 Å². The van der Waals surface area contributed by atoms with E-state index >= 15 is 0 Å². The van der Waals surface area contributed by atoms with Gasteiger partial charge in [-0.25, -0.2) is 0 Å². The quantitative estimate of drug-likeness (QED) is 0.177. The molecular formula is C38H26. The maximum atomic E-state index is 3.22. The summed E-state index contributed by atoms with van der Waals surface area (Å²) in [6, 6.07) is 45.3. The van der Waals surface area contributed by atoms with E-state index in [1.165, 1.54) is 0 Å². The Kier molecular flexibility index (Phi) is 8.09. The first-order valence-electron chi connectivity index (χ1n) is 12.6. The van der Waals surface area contributed by atoms with Gasteiger partial charge in [-0.05, 0) is 70.8 Å². The average Bonchev–Trinajstić information content (AvgIpc) is 2.99. The largest absolute Gasteiger partial charge is 0.0622 e. The van der Waals surface area contributed by atoms with Crippen LogP contribution in [0.25, 0.3) is 24.3 Å². The van der Waals surface area contributed by atoms with Crippen LogP contribution in [0.2, 0.25) is 0 Å². The Morgan fingerprint density at radius 2 is 0.500 bits per heavy atom.